The highest BCUT2D eigenvalue weighted by Gasteiger charge is 2.35. The molecular weight excluding hydrogens is 243 g/mol. The first-order valence-electron chi connectivity index (χ1n) is 5.62. The monoisotopic (exact) mass is 258 g/mol. The molecule has 0 unspecified atom stereocenters. The van der Waals surface area contributed by atoms with Gasteiger partial charge < -0.3 is 4.74 Å². The molecule has 0 heterocycles. The third kappa shape index (κ3) is 2.03. The molecule has 0 bridgehead atoms. The molecular formula is C13H16Cl2O. The van der Waals surface area contributed by atoms with Gasteiger partial charge in [-0.25, -0.2) is 0 Å². The average molecular weight is 259 g/mol. The fourth-order valence-electron chi connectivity index (χ4n) is 2.55. The molecule has 1 aliphatic carbocycles. The van der Waals surface area contributed by atoms with Gasteiger partial charge in [-0.05, 0) is 30.5 Å². The van der Waals surface area contributed by atoms with Gasteiger partial charge >= 0.3 is 0 Å². The van der Waals surface area contributed by atoms with Crippen molar-refractivity contribution in [2.75, 3.05) is 13.0 Å². The lowest BCUT2D eigenvalue weighted by Crippen LogP contribution is -2.23. The highest BCUT2D eigenvalue weighted by molar-refractivity contribution is 6.32. The quantitative estimate of drug-likeness (QED) is 0.731. The molecule has 1 aliphatic rings. The Balaban J connectivity index is 2.36. The van der Waals surface area contributed by atoms with Crippen LogP contribution in [0.3, 0.4) is 0 Å². The van der Waals surface area contributed by atoms with E-state index in [1.807, 2.05) is 12.1 Å². The van der Waals surface area contributed by atoms with Crippen molar-refractivity contribution in [2.24, 2.45) is 0 Å². The van der Waals surface area contributed by atoms with Crippen LogP contribution < -0.4 is 4.74 Å². The zero-order valence-corrected chi connectivity index (χ0v) is 10.9. The van der Waals surface area contributed by atoms with E-state index in [0.29, 0.717) is 10.9 Å². The number of benzene rings is 1. The van der Waals surface area contributed by atoms with Crippen molar-refractivity contribution in [3.63, 3.8) is 0 Å². The smallest absolute Gasteiger partial charge is 0.137 e. The van der Waals surface area contributed by atoms with Crippen molar-refractivity contribution in [3.05, 3.63) is 28.8 Å². The summed E-state index contributed by atoms with van der Waals surface area (Å²) in [5, 5.41) is 0.677. The van der Waals surface area contributed by atoms with Crippen LogP contribution in [0.15, 0.2) is 18.2 Å². The molecule has 0 aliphatic heterocycles. The Bertz CT molecular complexity index is 370. The second kappa shape index (κ2) is 4.85. The van der Waals surface area contributed by atoms with Gasteiger partial charge in [0.05, 0.1) is 12.1 Å². The van der Waals surface area contributed by atoms with E-state index in [-0.39, 0.29) is 5.41 Å². The molecule has 16 heavy (non-hydrogen) atoms. The van der Waals surface area contributed by atoms with Crippen LogP contribution in [-0.4, -0.2) is 13.0 Å². The largest absolute Gasteiger partial charge is 0.495 e. The van der Waals surface area contributed by atoms with E-state index in [2.05, 4.69) is 6.07 Å². The number of rotatable bonds is 3. The van der Waals surface area contributed by atoms with E-state index in [9.17, 15) is 0 Å². The molecule has 1 nitrogen and oxygen atoms in total. The summed E-state index contributed by atoms with van der Waals surface area (Å²) >= 11 is 12.3. The lowest BCUT2D eigenvalue weighted by molar-refractivity contribution is 0.414. The van der Waals surface area contributed by atoms with Gasteiger partial charge in [-0.15, -0.1) is 11.6 Å². The third-order valence-corrected chi connectivity index (χ3v) is 4.39. The molecule has 0 radical (unpaired) electrons. The van der Waals surface area contributed by atoms with E-state index in [4.69, 9.17) is 27.9 Å². The predicted molar refractivity (Wildman–Crippen MR) is 68.9 cm³/mol. The zero-order chi connectivity index (χ0) is 11.6. The Morgan fingerprint density at radius 1 is 1.31 bits per heavy atom. The Labute approximate surface area is 107 Å². The van der Waals surface area contributed by atoms with E-state index in [1.54, 1.807) is 7.11 Å². The summed E-state index contributed by atoms with van der Waals surface area (Å²) in [7, 11) is 1.63. The fraction of sp³-hybridized carbons (Fsp3) is 0.538. The molecule has 1 aromatic carbocycles. The number of alkyl halides is 1. The zero-order valence-electron chi connectivity index (χ0n) is 9.43. The van der Waals surface area contributed by atoms with Crippen molar-refractivity contribution in [3.8, 4) is 5.75 Å². The number of hydrogen-bond acceptors (Lipinski definition) is 1. The Morgan fingerprint density at radius 2 is 2.00 bits per heavy atom. The van der Waals surface area contributed by atoms with Crippen LogP contribution in [0.25, 0.3) is 0 Å². The highest BCUT2D eigenvalue weighted by atomic mass is 35.5. The van der Waals surface area contributed by atoms with Gasteiger partial charge in [0.25, 0.3) is 0 Å². The highest BCUT2D eigenvalue weighted by Crippen LogP contribution is 2.43. The van der Waals surface area contributed by atoms with Gasteiger partial charge in [0.2, 0.25) is 0 Å². The molecule has 88 valence electrons. The Hall–Kier alpha value is -0.400. The minimum absolute atomic E-state index is 0.136. The summed E-state index contributed by atoms with van der Waals surface area (Å²) in [4.78, 5) is 0. The van der Waals surface area contributed by atoms with Crippen LogP contribution in [0.2, 0.25) is 5.02 Å². The molecule has 0 amide bonds. The van der Waals surface area contributed by atoms with Gasteiger partial charge in [-0.2, -0.15) is 0 Å². The minimum atomic E-state index is 0.136. The van der Waals surface area contributed by atoms with Crippen molar-refractivity contribution < 1.29 is 4.74 Å². The Kier molecular flexibility index (Phi) is 3.66. The molecule has 1 saturated carbocycles. The molecule has 3 heteroatoms. The van der Waals surface area contributed by atoms with Crippen molar-refractivity contribution >= 4 is 23.2 Å². The lowest BCUT2D eigenvalue weighted by atomic mass is 9.81. The molecule has 0 atom stereocenters. The van der Waals surface area contributed by atoms with Gasteiger partial charge in [0.15, 0.2) is 0 Å². The van der Waals surface area contributed by atoms with Gasteiger partial charge in [0.1, 0.15) is 5.75 Å². The minimum Gasteiger partial charge on any atom is -0.495 e. The van der Waals surface area contributed by atoms with E-state index in [0.717, 1.165) is 5.75 Å². The SMILES string of the molecule is COc1ccc(C2(CCl)CCCC2)cc1Cl. The van der Waals surface area contributed by atoms with Crippen LogP contribution in [0, 0.1) is 0 Å². The summed E-state index contributed by atoms with van der Waals surface area (Å²) < 4.78 is 5.16. The Morgan fingerprint density at radius 3 is 2.50 bits per heavy atom. The molecule has 0 saturated heterocycles. The number of hydrogen-bond donors (Lipinski definition) is 0. The number of halogens is 2. The molecule has 0 aromatic heterocycles. The first-order valence-corrected chi connectivity index (χ1v) is 6.53. The molecule has 1 fully saturated rings. The topological polar surface area (TPSA) is 9.23 Å². The van der Waals surface area contributed by atoms with Crippen LogP contribution in [-0.2, 0) is 5.41 Å². The maximum atomic E-state index is 6.16. The van der Waals surface area contributed by atoms with E-state index >= 15 is 0 Å². The molecule has 0 N–H and O–H groups in total. The summed E-state index contributed by atoms with van der Waals surface area (Å²) in [6.45, 7) is 0. The summed E-state index contributed by atoms with van der Waals surface area (Å²) in [6, 6.07) is 6.04. The van der Waals surface area contributed by atoms with E-state index in [1.165, 1.54) is 31.2 Å². The average Bonchev–Trinajstić information content (AvgIpc) is 2.78. The first-order chi connectivity index (χ1) is 7.72. The summed E-state index contributed by atoms with van der Waals surface area (Å²) in [5.41, 5.74) is 1.39. The van der Waals surface area contributed by atoms with E-state index < -0.39 is 0 Å². The summed E-state index contributed by atoms with van der Waals surface area (Å²) in [5.74, 6) is 1.41. The number of ether oxygens (including phenoxy) is 1. The second-order valence-corrected chi connectivity index (χ2v) is 5.14. The predicted octanol–water partition coefficient (Wildman–Crippen LogP) is 4.40. The van der Waals surface area contributed by atoms with Gasteiger partial charge in [0, 0.05) is 11.3 Å². The molecule has 1 aromatic rings. The third-order valence-electron chi connectivity index (χ3n) is 3.58. The fourth-order valence-corrected chi connectivity index (χ4v) is 3.23. The molecule has 0 spiro atoms. The van der Waals surface area contributed by atoms with Crippen molar-refractivity contribution in [1.29, 1.82) is 0 Å². The lowest BCUT2D eigenvalue weighted by Gasteiger charge is -2.27. The first kappa shape index (κ1) is 12.1. The molecule has 2 rings (SSSR count). The second-order valence-electron chi connectivity index (χ2n) is 4.47. The van der Waals surface area contributed by atoms with Crippen molar-refractivity contribution in [2.45, 2.75) is 31.1 Å². The van der Waals surface area contributed by atoms with Crippen molar-refractivity contribution in [1.82, 2.24) is 0 Å². The van der Waals surface area contributed by atoms with Gasteiger partial charge in [-0.3, -0.25) is 0 Å². The standard InChI is InChI=1S/C13H16Cl2O/c1-16-12-5-4-10(8-11(12)15)13(9-14)6-2-3-7-13/h4-5,8H,2-3,6-7,9H2,1H3. The maximum Gasteiger partial charge on any atom is 0.137 e. The maximum absolute atomic E-state index is 6.16. The van der Waals surface area contributed by atoms with Gasteiger partial charge in [-0.1, -0.05) is 30.5 Å². The van der Waals surface area contributed by atoms with Crippen LogP contribution in [0.5, 0.6) is 5.75 Å². The number of methoxy groups -OCH3 is 1. The van der Waals surface area contributed by atoms with Crippen LogP contribution >= 0.6 is 23.2 Å². The normalized spacial score (nSPS) is 18.7. The van der Waals surface area contributed by atoms with Crippen LogP contribution in [0.1, 0.15) is 31.2 Å². The summed E-state index contributed by atoms with van der Waals surface area (Å²) in [6.07, 6.45) is 4.85. The van der Waals surface area contributed by atoms with Crippen LogP contribution in [0.4, 0.5) is 0 Å².